The fraction of sp³-hybridized carbons (Fsp3) is 0.917. The number of rotatable bonds is 24. The van der Waals surface area contributed by atoms with E-state index in [0.717, 1.165) is 19.3 Å². The zero-order valence-corrected chi connectivity index (χ0v) is 22.2. The van der Waals surface area contributed by atoms with Crippen molar-refractivity contribution in [2.24, 2.45) is 0 Å². The number of unbranched alkanes of at least 4 members (excludes halogenated alkanes) is 11. The molecule has 0 aliphatic carbocycles. The van der Waals surface area contributed by atoms with Gasteiger partial charge in [0.05, 0.1) is 13.2 Å². The highest BCUT2D eigenvalue weighted by atomic mass is 31.2. The molecule has 2 unspecified atom stereocenters. The normalized spacial score (nSPS) is 13.9. The molecule has 0 radical (unpaired) electrons. The van der Waals surface area contributed by atoms with Gasteiger partial charge in [-0.2, -0.15) is 0 Å². The van der Waals surface area contributed by atoms with Crippen LogP contribution in [0, 0.1) is 0 Å². The first kappa shape index (κ1) is 33.0. The van der Waals surface area contributed by atoms with E-state index in [0.29, 0.717) is 12.8 Å². The van der Waals surface area contributed by atoms with Crippen molar-refractivity contribution in [3.8, 4) is 0 Å². The van der Waals surface area contributed by atoms with E-state index in [-0.39, 0.29) is 32.1 Å². The molecule has 0 fully saturated rings. The molecule has 9 nitrogen and oxygen atoms in total. The molecule has 0 aromatic carbocycles. The summed E-state index contributed by atoms with van der Waals surface area (Å²) in [6, 6.07) is 0. The van der Waals surface area contributed by atoms with E-state index in [1.807, 2.05) is 6.92 Å². The third-order valence-electron chi connectivity index (χ3n) is 5.26. The van der Waals surface area contributed by atoms with Gasteiger partial charge in [0.2, 0.25) is 5.91 Å². The number of ether oxygens (including phenoxy) is 1. The Morgan fingerprint density at radius 3 is 1.91 bits per heavy atom. The molecule has 0 saturated carbocycles. The van der Waals surface area contributed by atoms with Gasteiger partial charge in [0.1, 0.15) is 12.7 Å². The van der Waals surface area contributed by atoms with Gasteiger partial charge in [-0.3, -0.25) is 18.6 Å². The van der Waals surface area contributed by atoms with Crippen LogP contribution < -0.4 is 5.32 Å². The van der Waals surface area contributed by atoms with Gasteiger partial charge in [0.25, 0.3) is 0 Å². The van der Waals surface area contributed by atoms with Crippen LogP contribution in [-0.2, 0) is 27.9 Å². The standard InChI is InChI=1S/C24H48NO8P/c1-3-5-6-7-8-9-10-11-12-13-14-15-17-23(27)25-18-19-32-34(29,30)33-21-22(26)20-31-24(28)16-4-2/h22,26H,3-21H2,1-2H3,(H,25,27)(H,29,30). The van der Waals surface area contributed by atoms with Gasteiger partial charge < -0.3 is 20.1 Å². The summed E-state index contributed by atoms with van der Waals surface area (Å²) < 4.78 is 26.0. The number of hydrogen-bond donors (Lipinski definition) is 3. The SMILES string of the molecule is CCCCCCCCCCCCCCC(=O)NCCOP(=O)(O)OCC(O)COC(=O)CCC. The fourth-order valence-electron chi connectivity index (χ4n) is 3.30. The lowest BCUT2D eigenvalue weighted by atomic mass is 10.0. The molecule has 202 valence electrons. The Morgan fingerprint density at radius 2 is 1.35 bits per heavy atom. The van der Waals surface area contributed by atoms with E-state index in [2.05, 4.69) is 16.8 Å². The number of aliphatic hydroxyl groups excluding tert-OH is 1. The number of phosphoric ester groups is 1. The van der Waals surface area contributed by atoms with Crippen LogP contribution in [0.5, 0.6) is 0 Å². The van der Waals surface area contributed by atoms with Gasteiger partial charge >= 0.3 is 13.8 Å². The molecule has 1 amide bonds. The number of aliphatic hydroxyl groups is 1. The Bertz CT molecular complexity index is 561. The summed E-state index contributed by atoms with van der Waals surface area (Å²) in [5, 5.41) is 12.3. The van der Waals surface area contributed by atoms with Crippen molar-refractivity contribution in [1.29, 1.82) is 0 Å². The van der Waals surface area contributed by atoms with Gasteiger partial charge in [0.15, 0.2) is 0 Å². The Labute approximate surface area is 205 Å². The van der Waals surface area contributed by atoms with Crippen LogP contribution >= 0.6 is 7.82 Å². The Balaban J connectivity index is 3.59. The molecule has 10 heteroatoms. The number of hydrogen-bond acceptors (Lipinski definition) is 7. The smallest absolute Gasteiger partial charge is 0.463 e. The highest BCUT2D eigenvalue weighted by Crippen LogP contribution is 2.42. The van der Waals surface area contributed by atoms with Crippen LogP contribution in [0.3, 0.4) is 0 Å². The second kappa shape index (κ2) is 22.5. The van der Waals surface area contributed by atoms with Gasteiger partial charge in [-0.25, -0.2) is 4.57 Å². The molecule has 0 spiro atoms. The van der Waals surface area contributed by atoms with Crippen molar-refractivity contribution in [1.82, 2.24) is 5.32 Å². The minimum absolute atomic E-state index is 0.0855. The number of carbonyl (C=O) groups excluding carboxylic acids is 2. The molecule has 34 heavy (non-hydrogen) atoms. The minimum Gasteiger partial charge on any atom is -0.463 e. The van der Waals surface area contributed by atoms with Crippen LogP contribution in [0.4, 0.5) is 0 Å². The van der Waals surface area contributed by atoms with Crippen LogP contribution in [0.2, 0.25) is 0 Å². The molecular weight excluding hydrogens is 461 g/mol. The summed E-state index contributed by atoms with van der Waals surface area (Å²) in [7, 11) is -4.37. The molecule has 0 rings (SSSR count). The van der Waals surface area contributed by atoms with E-state index in [4.69, 9.17) is 9.26 Å². The first-order valence-electron chi connectivity index (χ1n) is 13.0. The largest absolute Gasteiger partial charge is 0.472 e. The molecule has 0 heterocycles. The molecular formula is C24H48NO8P. The maximum Gasteiger partial charge on any atom is 0.472 e. The lowest BCUT2D eigenvalue weighted by Crippen LogP contribution is -2.27. The minimum atomic E-state index is -4.37. The van der Waals surface area contributed by atoms with Gasteiger partial charge in [0, 0.05) is 19.4 Å². The zero-order valence-electron chi connectivity index (χ0n) is 21.3. The first-order chi connectivity index (χ1) is 16.3. The Kier molecular flexibility index (Phi) is 21.8. The van der Waals surface area contributed by atoms with E-state index in [9.17, 15) is 24.2 Å². The van der Waals surface area contributed by atoms with Crippen molar-refractivity contribution in [2.45, 2.75) is 116 Å². The molecule has 0 bridgehead atoms. The molecule has 3 N–H and O–H groups in total. The summed E-state index contributed by atoms with van der Waals surface area (Å²) in [4.78, 5) is 32.7. The fourth-order valence-corrected chi connectivity index (χ4v) is 4.05. The molecule has 0 aromatic heterocycles. The Morgan fingerprint density at radius 1 is 0.794 bits per heavy atom. The predicted molar refractivity (Wildman–Crippen MR) is 132 cm³/mol. The van der Waals surface area contributed by atoms with E-state index < -0.39 is 26.5 Å². The number of nitrogens with one attached hydrogen (secondary N) is 1. The van der Waals surface area contributed by atoms with Crippen molar-refractivity contribution < 1.29 is 37.9 Å². The van der Waals surface area contributed by atoms with Crippen LogP contribution in [0.25, 0.3) is 0 Å². The topological polar surface area (TPSA) is 131 Å². The third kappa shape index (κ3) is 22.8. The number of carbonyl (C=O) groups is 2. The van der Waals surface area contributed by atoms with E-state index in [1.54, 1.807) is 0 Å². The highest BCUT2D eigenvalue weighted by Gasteiger charge is 2.23. The van der Waals surface area contributed by atoms with Gasteiger partial charge in [-0.15, -0.1) is 0 Å². The van der Waals surface area contributed by atoms with Crippen molar-refractivity contribution in [2.75, 3.05) is 26.4 Å². The summed E-state index contributed by atoms with van der Waals surface area (Å²) in [5.41, 5.74) is 0. The molecule has 2 atom stereocenters. The summed E-state index contributed by atoms with van der Waals surface area (Å²) >= 11 is 0. The van der Waals surface area contributed by atoms with Crippen LogP contribution in [0.15, 0.2) is 0 Å². The van der Waals surface area contributed by atoms with Gasteiger partial charge in [-0.05, 0) is 12.8 Å². The molecule has 0 aliphatic heterocycles. The molecule has 0 aromatic rings. The summed E-state index contributed by atoms with van der Waals surface area (Å²) in [6.45, 7) is 3.11. The van der Waals surface area contributed by atoms with Crippen molar-refractivity contribution in [3.63, 3.8) is 0 Å². The maximum atomic E-state index is 11.8. The summed E-state index contributed by atoms with van der Waals surface area (Å²) in [5.74, 6) is -0.571. The number of esters is 1. The van der Waals surface area contributed by atoms with E-state index >= 15 is 0 Å². The average Bonchev–Trinajstić information content (AvgIpc) is 2.80. The molecule has 0 saturated heterocycles. The Hall–Kier alpha value is -0.990. The second-order valence-electron chi connectivity index (χ2n) is 8.67. The van der Waals surface area contributed by atoms with Crippen molar-refractivity contribution in [3.05, 3.63) is 0 Å². The lowest BCUT2D eigenvalue weighted by molar-refractivity contribution is -0.147. The highest BCUT2D eigenvalue weighted by molar-refractivity contribution is 7.47. The summed E-state index contributed by atoms with van der Waals surface area (Å²) in [6.07, 6.45) is 14.9. The molecule has 0 aliphatic rings. The zero-order chi connectivity index (χ0) is 25.5. The second-order valence-corrected chi connectivity index (χ2v) is 10.1. The van der Waals surface area contributed by atoms with Gasteiger partial charge in [-0.1, -0.05) is 84.5 Å². The first-order valence-corrected chi connectivity index (χ1v) is 14.5. The third-order valence-corrected chi connectivity index (χ3v) is 6.24. The quantitative estimate of drug-likeness (QED) is 0.0938. The monoisotopic (exact) mass is 509 g/mol. The maximum absolute atomic E-state index is 11.8. The van der Waals surface area contributed by atoms with Crippen molar-refractivity contribution >= 4 is 19.7 Å². The van der Waals surface area contributed by atoms with E-state index in [1.165, 1.54) is 57.8 Å². The number of amides is 1. The van der Waals surface area contributed by atoms with Crippen LogP contribution in [-0.4, -0.2) is 54.3 Å². The van der Waals surface area contributed by atoms with Crippen LogP contribution in [0.1, 0.15) is 110 Å². The lowest BCUT2D eigenvalue weighted by Gasteiger charge is -2.15. The predicted octanol–water partition coefficient (Wildman–Crippen LogP) is 5.03. The average molecular weight is 510 g/mol. The number of phosphoric acid groups is 1.